The molecule has 1 aliphatic rings. The minimum Gasteiger partial charge on any atom is -0.480 e. The van der Waals surface area contributed by atoms with E-state index in [0.29, 0.717) is 6.54 Å². The van der Waals surface area contributed by atoms with Crippen molar-refractivity contribution >= 4 is 17.9 Å². The number of hydrogen-bond donors (Lipinski definition) is 4. The van der Waals surface area contributed by atoms with Gasteiger partial charge in [0.05, 0.1) is 6.04 Å². The van der Waals surface area contributed by atoms with Crippen molar-refractivity contribution in [3.8, 4) is 0 Å². The van der Waals surface area contributed by atoms with Crippen LogP contribution >= 0.6 is 0 Å². The second-order valence-electron chi connectivity index (χ2n) is 4.29. The smallest absolute Gasteiger partial charge is 0.329 e. The summed E-state index contributed by atoms with van der Waals surface area (Å²) >= 11 is 0. The van der Waals surface area contributed by atoms with Crippen LogP contribution in [0.1, 0.15) is 26.7 Å². The Kier molecular flexibility index (Phi) is 3.93. The summed E-state index contributed by atoms with van der Waals surface area (Å²) in [6.45, 7) is 3.49. The van der Waals surface area contributed by atoms with Crippen LogP contribution in [0.2, 0.25) is 0 Å². The van der Waals surface area contributed by atoms with Gasteiger partial charge < -0.3 is 21.1 Å². The van der Waals surface area contributed by atoms with Crippen LogP contribution in [0.4, 0.5) is 4.79 Å². The highest BCUT2D eigenvalue weighted by Gasteiger charge is 2.33. The molecule has 1 heterocycles. The summed E-state index contributed by atoms with van der Waals surface area (Å²) in [5.41, 5.74) is -1.29. The standard InChI is InChI=1S/C10H17N3O4/c1-3-10(2,8(15)16)13-9(17)12-6-4-7(14)11-5-6/h6H,3-5H2,1-2H3,(H,11,14)(H,15,16)(H2,12,13,17). The van der Waals surface area contributed by atoms with Gasteiger partial charge in [-0.1, -0.05) is 6.92 Å². The quantitative estimate of drug-likeness (QED) is 0.530. The van der Waals surface area contributed by atoms with Crippen molar-refractivity contribution in [3.63, 3.8) is 0 Å². The van der Waals surface area contributed by atoms with Gasteiger partial charge in [0.2, 0.25) is 5.91 Å². The molecule has 17 heavy (non-hydrogen) atoms. The summed E-state index contributed by atoms with van der Waals surface area (Å²) in [7, 11) is 0. The van der Waals surface area contributed by atoms with E-state index in [1.54, 1.807) is 6.92 Å². The summed E-state index contributed by atoms with van der Waals surface area (Å²) in [5.74, 6) is -1.21. The molecule has 0 radical (unpaired) electrons. The third-order valence-electron chi connectivity index (χ3n) is 2.88. The fourth-order valence-electron chi connectivity index (χ4n) is 1.47. The molecule has 1 rings (SSSR count). The molecule has 7 heteroatoms. The summed E-state index contributed by atoms with van der Waals surface area (Å²) in [5, 5.41) is 16.5. The maximum absolute atomic E-state index is 11.6. The van der Waals surface area contributed by atoms with Crippen LogP contribution in [0.5, 0.6) is 0 Å². The number of carbonyl (C=O) groups excluding carboxylic acids is 2. The fourth-order valence-corrected chi connectivity index (χ4v) is 1.47. The molecule has 1 fully saturated rings. The van der Waals surface area contributed by atoms with Crippen LogP contribution in [-0.2, 0) is 9.59 Å². The van der Waals surface area contributed by atoms with Crippen molar-refractivity contribution in [2.24, 2.45) is 0 Å². The number of rotatable bonds is 4. The molecule has 0 aliphatic carbocycles. The van der Waals surface area contributed by atoms with Gasteiger partial charge >= 0.3 is 12.0 Å². The molecule has 96 valence electrons. The Balaban J connectivity index is 2.48. The molecular weight excluding hydrogens is 226 g/mol. The monoisotopic (exact) mass is 243 g/mol. The minimum absolute atomic E-state index is 0.119. The topological polar surface area (TPSA) is 108 Å². The van der Waals surface area contributed by atoms with Gasteiger partial charge in [-0.3, -0.25) is 4.79 Å². The molecule has 0 saturated carbocycles. The zero-order valence-corrected chi connectivity index (χ0v) is 9.87. The third-order valence-corrected chi connectivity index (χ3v) is 2.88. The summed E-state index contributed by atoms with van der Waals surface area (Å²) < 4.78 is 0. The lowest BCUT2D eigenvalue weighted by Gasteiger charge is -2.25. The second kappa shape index (κ2) is 5.03. The lowest BCUT2D eigenvalue weighted by Crippen LogP contribution is -2.56. The molecule has 0 bridgehead atoms. The summed E-state index contributed by atoms with van der Waals surface area (Å²) in [6.07, 6.45) is 0.501. The van der Waals surface area contributed by atoms with E-state index in [0.717, 1.165) is 0 Å². The molecule has 0 aromatic heterocycles. The van der Waals surface area contributed by atoms with Crippen LogP contribution in [0, 0.1) is 0 Å². The minimum atomic E-state index is -1.29. The van der Waals surface area contributed by atoms with Gasteiger partial charge in [-0.15, -0.1) is 0 Å². The maximum Gasteiger partial charge on any atom is 0.329 e. The molecule has 0 aromatic carbocycles. The normalized spacial score (nSPS) is 22.5. The van der Waals surface area contributed by atoms with Crippen LogP contribution in [0.15, 0.2) is 0 Å². The van der Waals surface area contributed by atoms with E-state index in [1.165, 1.54) is 6.92 Å². The first-order valence-corrected chi connectivity index (χ1v) is 5.46. The van der Waals surface area contributed by atoms with Crippen molar-refractivity contribution in [3.05, 3.63) is 0 Å². The molecule has 3 amide bonds. The molecule has 4 N–H and O–H groups in total. The average molecular weight is 243 g/mol. The number of carbonyl (C=O) groups is 3. The molecule has 7 nitrogen and oxygen atoms in total. The number of hydrogen-bond acceptors (Lipinski definition) is 3. The van der Waals surface area contributed by atoms with Gasteiger partial charge in [-0.05, 0) is 13.3 Å². The van der Waals surface area contributed by atoms with E-state index in [4.69, 9.17) is 5.11 Å². The zero-order valence-electron chi connectivity index (χ0n) is 9.87. The average Bonchev–Trinajstić information content (AvgIpc) is 2.63. The van der Waals surface area contributed by atoms with E-state index < -0.39 is 17.5 Å². The Bertz CT molecular complexity index is 344. The molecule has 1 aliphatic heterocycles. The highest BCUT2D eigenvalue weighted by atomic mass is 16.4. The van der Waals surface area contributed by atoms with Gasteiger partial charge in [0.15, 0.2) is 0 Å². The molecule has 1 saturated heterocycles. The number of carboxylic acids is 1. The largest absolute Gasteiger partial charge is 0.480 e. The number of amides is 3. The van der Waals surface area contributed by atoms with Gasteiger partial charge in [0, 0.05) is 13.0 Å². The van der Waals surface area contributed by atoms with Crippen molar-refractivity contribution in [1.29, 1.82) is 0 Å². The maximum atomic E-state index is 11.6. The van der Waals surface area contributed by atoms with Crippen LogP contribution in [0.3, 0.4) is 0 Å². The Morgan fingerprint density at radius 1 is 1.59 bits per heavy atom. The Hall–Kier alpha value is -1.79. The van der Waals surface area contributed by atoms with Crippen LogP contribution in [-0.4, -0.2) is 41.1 Å². The van der Waals surface area contributed by atoms with Gasteiger partial charge in [0.1, 0.15) is 5.54 Å². The van der Waals surface area contributed by atoms with Crippen molar-refractivity contribution in [2.75, 3.05) is 6.54 Å². The van der Waals surface area contributed by atoms with E-state index >= 15 is 0 Å². The van der Waals surface area contributed by atoms with Crippen molar-refractivity contribution in [2.45, 2.75) is 38.3 Å². The third kappa shape index (κ3) is 3.33. The van der Waals surface area contributed by atoms with E-state index in [1.807, 2.05) is 0 Å². The molecular formula is C10H17N3O4. The summed E-state index contributed by atoms with van der Waals surface area (Å²) in [4.78, 5) is 33.4. The Morgan fingerprint density at radius 3 is 2.65 bits per heavy atom. The van der Waals surface area contributed by atoms with E-state index in [-0.39, 0.29) is 24.8 Å². The van der Waals surface area contributed by atoms with Crippen LogP contribution in [0.25, 0.3) is 0 Å². The number of urea groups is 1. The SMILES string of the molecule is CCC(C)(NC(=O)NC1CNC(=O)C1)C(=O)O. The second-order valence-corrected chi connectivity index (χ2v) is 4.29. The van der Waals surface area contributed by atoms with Gasteiger partial charge in [0.25, 0.3) is 0 Å². The van der Waals surface area contributed by atoms with Gasteiger partial charge in [-0.25, -0.2) is 9.59 Å². The van der Waals surface area contributed by atoms with Crippen LogP contribution < -0.4 is 16.0 Å². The fraction of sp³-hybridized carbons (Fsp3) is 0.700. The first-order valence-electron chi connectivity index (χ1n) is 5.46. The molecule has 2 atom stereocenters. The van der Waals surface area contributed by atoms with E-state index in [2.05, 4.69) is 16.0 Å². The summed E-state index contributed by atoms with van der Waals surface area (Å²) in [6, 6.07) is -0.851. The number of carboxylic acid groups (broad SMARTS) is 1. The molecule has 0 aromatic rings. The number of nitrogens with one attached hydrogen (secondary N) is 3. The molecule has 0 spiro atoms. The van der Waals surface area contributed by atoms with Gasteiger partial charge in [-0.2, -0.15) is 0 Å². The van der Waals surface area contributed by atoms with E-state index in [9.17, 15) is 14.4 Å². The lowest BCUT2D eigenvalue weighted by molar-refractivity contribution is -0.143. The predicted molar refractivity (Wildman–Crippen MR) is 59.4 cm³/mol. The zero-order chi connectivity index (χ0) is 13.1. The predicted octanol–water partition coefficient (Wildman–Crippen LogP) is -0.573. The van der Waals surface area contributed by atoms with Crippen molar-refractivity contribution in [1.82, 2.24) is 16.0 Å². The highest BCUT2D eigenvalue weighted by molar-refractivity contribution is 5.86. The first-order chi connectivity index (χ1) is 7.87. The Labute approximate surface area is 98.9 Å². The molecule has 2 unspecified atom stereocenters. The Morgan fingerprint density at radius 2 is 2.24 bits per heavy atom. The first kappa shape index (κ1) is 13.3. The van der Waals surface area contributed by atoms with Crippen molar-refractivity contribution < 1.29 is 19.5 Å². The highest BCUT2D eigenvalue weighted by Crippen LogP contribution is 2.09. The number of aliphatic carboxylic acids is 1. The lowest BCUT2D eigenvalue weighted by atomic mass is 10.00.